The van der Waals surface area contributed by atoms with Crippen molar-refractivity contribution in [2.45, 2.75) is 45.8 Å². The number of esters is 1. The molecule has 3 heteroatoms. The molecule has 100 valence electrons. The minimum Gasteiger partial charge on any atom is -0.461 e. The van der Waals surface area contributed by atoms with Crippen LogP contribution in [-0.4, -0.2) is 17.2 Å². The molecular weight excluding hydrogens is 228 g/mol. The van der Waals surface area contributed by atoms with Crippen LogP contribution in [0.3, 0.4) is 0 Å². The molecule has 0 saturated carbocycles. The number of carbonyl (C=O) groups excluding carboxylic acids is 1. The molecule has 2 unspecified atom stereocenters. The summed E-state index contributed by atoms with van der Waals surface area (Å²) in [5.41, 5.74) is 1.00. The predicted octanol–water partition coefficient (Wildman–Crippen LogP) is 2.92. The summed E-state index contributed by atoms with van der Waals surface area (Å²) < 4.78 is 5.17. The van der Waals surface area contributed by atoms with Crippen LogP contribution in [0.5, 0.6) is 0 Å². The van der Waals surface area contributed by atoms with Gasteiger partial charge in [-0.1, -0.05) is 37.3 Å². The molecule has 0 fully saturated rings. The fourth-order valence-electron chi connectivity index (χ4n) is 1.62. The van der Waals surface area contributed by atoms with Gasteiger partial charge in [0.1, 0.15) is 6.61 Å². The van der Waals surface area contributed by atoms with Crippen molar-refractivity contribution in [3.63, 3.8) is 0 Å². The van der Waals surface area contributed by atoms with Crippen molar-refractivity contribution in [1.29, 1.82) is 0 Å². The van der Waals surface area contributed by atoms with Gasteiger partial charge < -0.3 is 9.84 Å². The zero-order valence-electron chi connectivity index (χ0n) is 11.1. The Kier molecular flexibility index (Phi) is 6.44. The van der Waals surface area contributed by atoms with Crippen LogP contribution in [0.4, 0.5) is 0 Å². The van der Waals surface area contributed by atoms with Gasteiger partial charge >= 0.3 is 5.97 Å². The second-order valence-corrected chi connectivity index (χ2v) is 4.76. The first kappa shape index (κ1) is 14.7. The molecule has 0 spiro atoms. The van der Waals surface area contributed by atoms with E-state index in [1.165, 1.54) is 0 Å². The summed E-state index contributed by atoms with van der Waals surface area (Å²) in [6.07, 6.45) is 1.71. The quantitative estimate of drug-likeness (QED) is 0.757. The van der Waals surface area contributed by atoms with Gasteiger partial charge in [0, 0.05) is 6.42 Å². The number of benzene rings is 1. The van der Waals surface area contributed by atoms with E-state index in [2.05, 4.69) is 0 Å². The molecule has 2 atom stereocenters. The minimum atomic E-state index is -0.315. The lowest BCUT2D eigenvalue weighted by molar-refractivity contribution is -0.145. The third kappa shape index (κ3) is 5.82. The molecule has 0 heterocycles. The molecule has 0 aromatic heterocycles. The highest BCUT2D eigenvalue weighted by Crippen LogP contribution is 2.12. The van der Waals surface area contributed by atoms with E-state index in [0.29, 0.717) is 13.0 Å². The second kappa shape index (κ2) is 7.88. The first-order chi connectivity index (χ1) is 8.59. The summed E-state index contributed by atoms with van der Waals surface area (Å²) in [7, 11) is 0. The van der Waals surface area contributed by atoms with Crippen LogP contribution in [0.25, 0.3) is 0 Å². The topological polar surface area (TPSA) is 46.5 Å². The van der Waals surface area contributed by atoms with E-state index >= 15 is 0 Å². The van der Waals surface area contributed by atoms with Gasteiger partial charge in [0.2, 0.25) is 0 Å². The fraction of sp³-hybridized carbons (Fsp3) is 0.533. The van der Waals surface area contributed by atoms with Crippen LogP contribution in [0.1, 0.15) is 38.7 Å². The monoisotopic (exact) mass is 250 g/mol. The van der Waals surface area contributed by atoms with Crippen molar-refractivity contribution in [2.75, 3.05) is 0 Å². The average Bonchev–Trinajstić information content (AvgIpc) is 2.37. The number of hydrogen-bond donors (Lipinski definition) is 1. The Morgan fingerprint density at radius 3 is 2.56 bits per heavy atom. The SMILES string of the molecule is CC(O)C(C)CCCC(=O)OCc1ccccc1. The van der Waals surface area contributed by atoms with Crippen LogP contribution in [0.2, 0.25) is 0 Å². The Morgan fingerprint density at radius 2 is 1.94 bits per heavy atom. The molecular formula is C15H22O3. The smallest absolute Gasteiger partial charge is 0.306 e. The van der Waals surface area contributed by atoms with E-state index in [0.717, 1.165) is 18.4 Å². The lowest BCUT2D eigenvalue weighted by atomic mass is 9.99. The van der Waals surface area contributed by atoms with Crippen molar-refractivity contribution in [3.05, 3.63) is 35.9 Å². The molecule has 0 saturated heterocycles. The van der Waals surface area contributed by atoms with Gasteiger partial charge in [-0.15, -0.1) is 0 Å². The van der Waals surface area contributed by atoms with Gasteiger partial charge in [-0.05, 0) is 31.2 Å². The molecule has 1 N–H and O–H groups in total. The maximum atomic E-state index is 11.5. The predicted molar refractivity (Wildman–Crippen MR) is 70.9 cm³/mol. The highest BCUT2D eigenvalue weighted by molar-refractivity contribution is 5.69. The lowest BCUT2D eigenvalue weighted by Crippen LogP contribution is -2.13. The van der Waals surface area contributed by atoms with Crippen LogP contribution in [0.15, 0.2) is 30.3 Å². The van der Waals surface area contributed by atoms with Crippen molar-refractivity contribution in [3.8, 4) is 0 Å². The van der Waals surface area contributed by atoms with E-state index < -0.39 is 0 Å². The van der Waals surface area contributed by atoms with Gasteiger partial charge in [0.15, 0.2) is 0 Å². The van der Waals surface area contributed by atoms with E-state index in [-0.39, 0.29) is 18.0 Å². The molecule has 1 rings (SSSR count). The van der Waals surface area contributed by atoms with Crippen LogP contribution >= 0.6 is 0 Å². The highest BCUT2D eigenvalue weighted by atomic mass is 16.5. The number of rotatable bonds is 7. The molecule has 0 amide bonds. The molecule has 18 heavy (non-hydrogen) atoms. The van der Waals surface area contributed by atoms with E-state index in [1.807, 2.05) is 37.3 Å². The molecule has 0 aliphatic carbocycles. The maximum Gasteiger partial charge on any atom is 0.306 e. The summed E-state index contributed by atoms with van der Waals surface area (Å²) in [6, 6.07) is 9.65. The van der Waals surface area contributed by atoms with Crippen LogP contribution < -0.4 is 0 Å². The highest BCUT2D eigenvalue weighted by Gasteiger charge is 2.10. The van der Waals surface area contributed by atoms with Gasteiger partial charge in [-0.2, -0.15) is 0 Å². The van der Waals surface area contributed by atoms with E-state index in [9.17, 15) is 9.90 Å². The Bertz CT molecular complexity index is 346. The third-order valence-electron chi connectivity index (χ3n) is 3.11. The van der Waals surface area contributed by atoms with Crippen molar-refractivity contribution >= 4 is 5.97 Å². The van der Waals surface area contributed by atoms with Crippen molar-refractivity contribution in [2.24, 2.45) is 5.92 Å². The number of hydrogen-bond acceptors (Lipinski definition) is 3. The molecule has 0 bridgehead atoms. The van der Waals surface area contributed by atoms with E-state index in [1.54, 1.807) is 6.92 Å². The molecule has 1 aromatic rings. The minimum absolute atomic E-state index is 0.170. The lowest BCUT2D eigenvalue weighted by Gasteiger charge is -2.13. The summed E-state index contributed by atoms with van der Waals surface area (Å²) >= 11 is 0. The average molecular weight is 250 g/mol. The number of ether oxygens (including phenoxy) is 1. The number of carbonyl (C=O) groups is 1. The summed E-state index contributed by atoms with van der Waals surface area (Å²) in [6.45, 7) is 4.10. The Morgan fingerprint density at radius 1 is 1.28 bits per heavy atom. The molecule has 0 radical (unpaired) electrons. The van der Waals surface area contributed by atoms with Gasteiger partial charge in [0.05, 0.1) is 6.10 Å². The van der Waals surface area contributed by atoms with Crippen LogP contribution in [-0.2, 0) is 16.1 Å². The first-order valence-electron chi connectivity index (χ1n) is 6.47. The van der Waals surface area contributed by atoms with Crippen LogP contribution in [0, 0.1) is 5.92 Å². The molecule has 3 nitrogen and oxygen atoms in total. The van der Waals surface area contributed by atoms with Gasteiger partial charge in [-0.25, -0.2) is 0 Å². The first-order valence-corrected chi connectivity index (χ1v) is 6.47. The normalized spacial score (nSPS) is 13.9. The summed E-state index contributed by atoms with van der Waals surface area (Å²) in [5, 5.41) is 9.32. The summed E-state index contributed by atoms with van der Waals surface area (Å²) in [5.74, 6) is 0.0589. The summed E-state index contributed by atoms with van der Waals surface area (Å²) in [4.78, 5) is 11.5. The number of aliphatic hydroxyl groups is 1. The Labute approximate surface area is 109 Å². The second-order valence-electron chi connectivity index (χ2n) is 4.76. The molecule has 0 aliphatic heterocycles. The molecule has 1 aromatic carbocycles. The van der Waals surface area contributed by atoms with Crippen molar-refractivity contribution in [1.82, 2.24) is 0 Å². The maximum absolute atomic E-state index is 11.5. The zero-order valence-corrected chi connectivity index (χ0v) is 11.1. The van der Waals surface area contributed by atoms with E-state index in [4.69, 9.17) is 4.74 Å². The third-order valence-corrected chi connectivity index (χ3v) is 3.11. The zero-order chi connectivity index (χ0) is 13.4. The largest absolute Gasteiger partial charge is 0.461 e. The Hall–Kier alpha value is -1.35. The number of aliphatic hydroxyl groups excluding tert-OH is 1. The Balaban J connectivity index is 2.15. The standard InChI is InChI=1S/C15H22O3/c1-12(13(2)16)7-6-10-15(17)18-11-14-8-4-3-5-9-14/h3-5,8-9,12-13,16H,6-7,10-11H2,1-2H3. The van der Waals surface area contributed by atoms with Crippen molar-refractivity contribution < 1.29 is 14.6 Å². The van der Waals surface area contributed by atoms with Gasteiger partial charge in [0.25, 0.3) is 0 Å². The molecule has 0 aliphatic rings. The fourth-order valence-corrected chi connectivity index (χ4v) is 1.62. The van der Waals surface area contributed by atoms with Gasteiger partial charge in [-0.3, -0.25) is 4.79 Å².